The number of carbonyl (C=O) groups excluding carboxylic acids is 1. The van der Waals surface area contributed by atoms with E-state index in [0.717, 1.165) is 17.5 Å². The van der Waals surface area contributed by atoms with Gasteiger partial charge in [-0.2, -0.15) is 0 Å². The van der Waals surface area contributed by atoms with Crippen molar-refractivity contribution in [2.24, 2.45) is 0 Å². The Morgan fingerprint density at radius 2 is 2.14 bits per heavy atom. The molecule has 2 aromatic rings. The van der Waals surface area contributed by atoms with E-state index >= 15 is 0 Å². The average Bonchev–Trinajstić information content (AvgIpc) is 2.96. The van der Waals surface area contributed by atoms with Gasteiger partial charge < -0.3 is 20.2 Å². The van der Waals surface area contributed by atoms with Gasteiger partial charge in [0, 0.05) is 31.5 Å². The molecule has 1 amide bonds. The van der Waals surface area contributed by atoms with Gasteiger partial charge >= 0.3 is 0 Å². The maximum Gasteiger partial charge on any atom is 0.287 e. The molecule has 21 heavy (non-hydrogen) atoms. The number of amides is 1. The molecule has 0 spiro atoms. The molecule has 0 fully saturated rings. The number of benzene rings is 1. The molecule has 1 heterocycles. The molecule has 0 aliphatic carbocycles. The highest BCUT2D eigenvalue weighted by Gasteiger charge is 2.13. The molecule has 0 aliphatic heterocycles. The summed E-state index contributed by atoms with van der Waals surface area (Å²) in [7, 11) is 1.63. The summed E-state index contributed by atoms with van der Waals surface area (Å²) in [5, 5.41) is 2.79. The number of hydrogen-bond acceptors (Lipinski definition) is 4. The van der Waals surface area contributed by atoms with Crippen LogP contribution in [0.15, 0.2) is 34.7 Å². The largest absolute Gasteiger partial charge is 0.451 e. The average molecular weight is 288 g/mol. The molecule has 0 saturated heterocycles. The van der Waals surface area contributed by atoms with E-state index in [4.69, 9.17) is 14.9 Å². The molecule has 5 heteroatoms. The van der Waals surface area contributed by atoms with Crippen molar-refractivity contribution in [1.29, 1.82) is 0 Å². The van der Waals surface area contributed by atoms with Crippen LogP contribution < -0.4 is 11.1 Å². The second-order valence-electron chi connectivity index (χ2n) is 4.79. The number of carbonyl (C=O) groups is 1. The minimum absolute atomic E-state index is 0.223. The summed E-state index contributed by atoms with van der Waals surface area (Å²) in [6, 6.07) is 9.08. The Morgan fingerprint density at radius 1 is 1.33 bits per heavy atom. The molecule has 0 aliphatic rings. The molecule has 3 N–H and O–H groups in total. The summed E-state index contributed by atoms with van der Waals surface area (Å²) >= 11 is 0. The summed E-state index contributed by atoms with van der Waals surface area (Å²) in [5.41, 5.74) is 8.43. The van der Waals surface area contributed by atoms with E-state index in [1.807, 2.05) is 25.1 Å². The lowest BCUT2D eigenvalue weighted by Crippen LogP contribution is -2.24. The van der Waals surface area contributed by atoms with Crippen LogP contribution in [0.3, 0.4) is 0 Å². The van der Waals surface area contributed by atoms with Crippen molar-refractivity contribution < 1.29 is 13.9 Å². The third-order valence-corrected chi connectivity index (χ3v) is 3.28. The van der Waals surface area contributed by atoms with Crippen LogP contribution >= 0.6 is 0 Å². The molecular weight excluding hydrogens is 268 g/mol. The van der Waals surface area contributed by atoms with E-state index in [1.54, 1.807) is 19.2 Å². The van der Waals surface area contributed by atoms with Crippen molar-refractivity contribution in [2.75, 3.05) is 26.0 Å². The first-order valence-electron chi connectivity index (χ1n) is 6.86. The first-order chi connectivity index (χ1) is 10.1. The quantitative estimate of drug-likeness (QED) is 0.632. The summed E-state index contributed by atoms with van der Waals surface area (Å²) in [6.45, 7) is 3.10. The Bertz CT molecular complexity index is 620. The fourth-order valence-corrected chi connectivity index (χ4v) is 2.03. The fourth-order valence-electron chi connectivity index (χ4n) is 2.03. The van der Waals surface area contributed by atoms with Gasteiger partial charge in [-0.3, -0.25) is 4.79 Å². The number of hydrogen-bond donors (Lipinski definition) is 2. The van der Waals surface area contributed by atoms with Crippen LogP contribution in [-0.4, -0.2) is 26.2 Å². The van der Waals surface area contributed by atoms with Gasteiger partial charge in [-0.25, -0.2) is 0 Å². The van der Waals surface area contributed by atoms with Crippen LogP contribution in [0.4, 0.5) is 5.69 Å². The van der Waals surface area contributed by atoms with Crippen LogP contribution in [0.25, 0.3) is 11.3 Å². The molecule has 0 radical (unpaired) electrons. The van der Waals surface area contributed by atoms with Crippen molar-refractivity contribution >= 4 is 11.6 Å². The predicted molar refractivity (Wildman–Crippen MR) is 82.1 cm³/mol. The first-order valence-corrected chi connectivity index (χ1v) is 6.86. The Morgan fingerprint density at radius 3 is 2.90 bits per heavy atom. The van der Waals surface area contributed by atoms with Gasteiger partial charge in [0.1, 0.15) is 5.76 Å². The number of anilines is 1. The Kier molecular flexibility index (Phi) is 5.00. The second kappa shape index (κ2) is 6.95. The van der Waals surface area contributed by atoms with E-state index in [-0.39, 0.29) is 5.91 Å². The van der Waals surface area contributed by atoms with Gasteiger partial charge in [-0.15, -0.1) is 0 Å². The summed E-state index contributed by atoms with van der Waals surface area (Å²) in [5.74, 6) is 0.713. The van der Waals surface area contributed by atoms with Crippen LogP contribution in [0, 0.1) is 6.92 Å². The van der Waals surface area contributed by atoms with Crippen LogP contribution in [-0.2, 0) is 4.74 Å². The maximum absolute atomic E-state index is 11.9. The Labute approximate surface area is 124 Å². The van der Waals surface area contributed by atoms with Gasteiger partial charge in [0.2, 0.25) is 0 Å². The zero-order chi connectivity index (χ0) is 15.2. The standard InChI is InChI=1S/C16H20N2O3/c1-11-12(5-3-6-13(11)17)14-7-8-15(21-14)16(19)18-9-4-10-20-2/h3,5-8H,4,9-10,17H2,1-2H3,(H,18,19). The molecule has 0 saturated carbocycles. The third kappa shape index (κ3) is 3.64. The molecule has 112 valence electrons. The molecule has 0 bridgehead atoms. The number of rotatable bonds is 6. The number of nitrogens with two attached hydrogens (primary N) is 1. The summed E-state index contributed by atoms with van der Waals surface area (Å²) < 4.78 is 10.6. The maximum atomic E-state index is 11.9. The lowest BCUT2D eigenvalue weighted by Gasteiger charge is -2.05. The zero-order valence-electron chi connectivity index (χ0n) is 12.3. The van der Waals surface area contributed by atoms with E-state index in [9.17, 15) is 4.79 Å². The van der Waals surface area contributed by atoms with Crippen LogP contribution in [0.1, 0.15) is 22.5 Å². The SMILES string of the molecule is COCCCNC(=O)c1ccc(-c2cccc(N)c2C)o1. The number of nitrogens with one attached hydrogen (secondary N) is 1. The molecule has 1 aromatic heterocycles. The highest BCUT2D eigenvalue weighted by Crippen LogP contribution is 2.28. The molecule has 0 atom stereocenters. The number of ether oxygens (including phenoxy) is 1. The van der Waals surface area contributed by atoms with Crippen LogP contribution in [0.5, 0.6) is 0 Å². The van der Waals surface area contributed by atoms with Gasteiger partial charge in [-0.05, 0) is 37.1 Å². The zero-order valence-corrected chi connectivity index (χ0v) is 12.3. The van der Waals surface area contributed by atoms with Gasteiger partial charge in [0.25, 0.3) is 5.91 Å². The van der Waals surface area contributed by atoms with Crippen molar-refractivity contribution in [3.63, 3.8) is 0 Å². The minimum Gasteiger partial charge on any atom is -0.451 e. The topological polar surface area (TPSA) is 77.5 Å². The predicted octanol–water partition coefficient (Wildman–Crippen LogP) is 2.60. The lowest BCUT2D eigenvalue weighted by molar-refractivity contribution is 0.0922. The highest BCUT2D eigenvalue weighted by atomic mass is 16.5. The van der Waals surface area contributed by atoms with Crippen molar-refractivity contribution in [3.05, 3.63) is 41.7 Å². The number of nitrogen functional groups attached to an aromatic ring is 1. The summed E-state index contributed by atoms with van der Waals surface area (Å²) in [6.07, 6.45) is 0.768. The van der Waals surface area contributed by atoms with Gasteiger partial charge in [0.15, 0.2) is 5.76 Å². The van der Waals surface area contributed by atoms with Crippen molar-refractivity contribution in [3.8, 4) is 11.3 Å². The van der Waals surface area contributed by atoms with Crippen LogP contribution in [0.2, 0.25) is 0 Å². The highest BCUT2D eigenvalue weighted by molar-refractivity contribution is 5.92. The molecular formula is C16H20N2O3. The fraction of sp³-hybridized carbons (Fsp3) is 0.312. The Hall–Kier alpha value is -2.27. The summed E-state index contributed by atoms with van der Waals surface area (Å²) in [4.78, 5) is 11.9. The van der Waals surface area contributed by atoms with E-state index < -0.39 is 0 Å². The van der Waals surface area contributed by atoms with Crippen molar-refractivity contribution in [2.45, 2.75) is 13.3 Å². The smallest absolute Gasteiger partial charge is 0.287 e. The molecule has 1 aromatic carbocycles. The Balaban J connectivity index is 2.07. The normalized spacial score (nSPS) is 10.6. The molecule has 0 unspecified atom stereocenters. The molecule has 5 nitrogen and oxygen atoms in total. The minimum atomic E-state index is -0.223. The third-order valence-electron chi connectivity index (χ3n) is 3.28. The first kappa shape index (κ1) is 15.1. The van der Waals surface area contributed by atoms with Crippen molar-refractivity contribution in [1.82, 2.24) is 5.32 Å². The monoisotopic (exact) mass is 288 g/mol. The van der Waals surface area contributed by atoms with Gasteiger partial charge in [-0.1, -0.05) is 12.1 Å². The van der Waals surface area contributed by atoms with E-state index in [2.05, 4.69) is 5.32 Å². The van der Waals surface area contributed by atoms with E-state index in [0.29, 0.717) is 30.4 Å². The van der Waals surface area contributed by atoms with E-state index in [1.165, 1.54) is 0 Å². The van der Waals surface area contributed by atoms with Gasteiger partial charge in [0.05, 0.1) is 0 Å². The lowest BCUT2D eigenvalue weighted by atomic mass is 10.1. The number of methoxy groups -OCH3 is 1. The second-order valence-corrected chi connectivity index (χ2v) is 4.79. The molecule has 2 rings (SSSR count). The number of furan rings is 1.